The van der Waals surface area contributed by atoms with Crippen LogP contribution in [0.25, 0.3) is 21.9 Å². The Bertz CT molecular complexity index is 889. The predicted octanol–water partition coefficient (Wildman–Crippen LogP) is 3.38. The fourth-order valence-corrected chi connectivity index (χ4v) is 3.34. The second-order valence-electron chi connectivity index (χ2n) is 5.45. The number of rotatable bonds is 1. The third kappa shape index (κ3) is 1.53. The molecule has 4 nitrogen and oxygen atoms in total. The van der Waals surface area contributed by atoms with Crippen LogP contribution in [0.2, 0.25) is 0 Å². The largest absolute Gasteiger partial charge is 0.329 e. The number of aryl methyl sites for hydroxylation is 1. The minimum atomic E-state index is 0.0685. The SMILES string of the molecule is Cn1c(=O)n(C2CCC2)c2c3cc(Br)ccc3ncc21. The van der Waals surface area contributed by atoms with Gasteiger partial charge in [-0.2, -0.15) is 0 Å². The second kappa shape index (κ2) is 4.19. The van der Waals surface area contributed by atoms with Crippen LogP contribution in [-0.4, -0.2) is 14.1 Å². The zero-order chi connectivity index (χ0) is 13.9. The molecule has 20 heavy (non-hydrogen) atoms. The normalized spacial score (nSPS) is 15.9. The van der Waals surface area contributed by atoms with Crippen LogP contribution in [0.1, 0.15) is 25.3 Å². The van der Waals surface area contributed by atoms with Gasteiger partial charge in [0.1, 0.15) is 0 Å². The first kappa shape index (κ1) is 12.1. The maximum absolute atomic E-state index is 12.5. The van der Waals surface area contributed by atoms with Gasteiger partial charge < -0.3 is 0 Å². The summed E-state index contributed by atoms with van der Waals surface area (Å²) in [5.74, 6) is 0. The Kier molecular flexibility index (Phi) is 2.54. The molecule has 0 spiro atoms. The lowest BCUT2D eigenvalue weighted by atomic mass is 9.92. The number of aromatic nitrogens is 3. The molecule has 0 bridgehead atoms. The molecule has 1 fully saturated rings. The van der Waals surface area contributed by atoms with Crippen LogP contribution in [0.15, 0.2) is 33.7 Å². The van der Waals surface area contributed by atoms with Gasteiger partial charge in [-0.3, -0.25) is 14.1 Å². The smallest absolute Gasteiger partial charge is 0.293 e. The Morgan fingerprint density at radius 2 is 2.15 bits per heavy atom. The maximum Gasteiger partial charge on any atom is 0.329 e. The van der Waals surface area contributed by atoms with Crippen LogP contribution in [0.3, 0.4) is 0 Å². The van der Waals surface area contributed by atoms with Crippen molar-refractivity contribution in [2.75, 3.05) is 0 Å². The van der Waals surface area contributed by atoms with E-state index in [1.807, 2.05) is 29.9 Å². The molecule has 0 atom stereocenters. The van der Waals surface area contributed by atoms with E-state index in [4.69, 9.17) is 0 Å². The molecule has 5 heteroatoms. The molecule has 0 N–H and O–H groups in total. The Hall–Kier alpha value is -1.62. The number of nitrogens with zero attached hydrogens (tertiary/aromatic N) is 3. The molecule has 1 aliphatic rings. The van der Waals surface area contributed by atoms with Crippen LogP contribution in [-0.2, 0) is 7.05 Å². The summed E-state index contributed by atoms with van der Waals surface area (Å²) in [6.07, 6.45) is 5.20. The van der Waals surface area contributed by atoms with Gasteiger partial charge in [-0.25, -0.2) is 4.79 Å². The van der Waals surface area contributed by atoms with Crippen molar-refractivity contribution in [3.63, 3.8) is 0 Å². The summed E-state index contributed by atoms with van der Waals surface area (Å²) in [4.78, 5) is 17.0. The van der Waals surface area contributed by atoms with E-state index >= 15 is 0 Å². The molecule has 102 valence electrons. The van der Waals surface area contributed by atoms with Gasteiger partial charge >= 0.3 is 5.69 Å². The molecule has 1 saturated carbocycles. The Labute approximate surface area is 124 Å². The quantitative estimate of drug-likeness (QED) is 0.685. The molecular formula is C15H14BrN3O. The van der Waals surface area contributed by atoms with E-state index in [0.717, 1.165) is 39.3 Å². The minimum absolute atomic E-state index is 0.0685. The number of benzene rings is 1. The second-order valence-corrected chi connectivity index (χ2v) is 6.37. The highest BCUT2D eigenvalue weighted by Crippen LogP contribution is 2.35. The third-order valence-electron chi connectivity index (χ3n) is 4.32. The fourth-order valence-electron chi connectivity index (χ4n) is 2.98. The standard InChI is InChI=1S/C15H14BrN3O/c1-18-13-8-17-12-6-5-9(16)7-11(12)14(13)19(15(18)20)10-3-2-4-10/h5-8,10H,2-4H2,1H3. The highest BCUT2D eigenvalue weighted by Gasteiger charge is 2.25. The van der Waals surface area contributed by atoms with Gasteiger partial charge in [0.25, 0.3) is 0 Å². The van der Waals surface area contributed by atoms with Crippen LogP contribution in [0.4, 0.5) is 0 Å². The lowest BCUT2D eigenvalue weighted by molar-refractivity contribution is 0.312. The summed E-state index contributed by atoms with van der Waals surface area (Å²) in [7, 11) is 1.82. The molecule has 0 aliphatic heterocycles. The zero-order valence-electron chi connectivity index (χ0n) is 11.1. The van der Waals surface area contributed by atoms with Crippen molar-refractivity contribution < 1.29 is 0 Å². The predicted molar refractivity (Wildman–Crippen MR) is 83.1 cm³/mol. The first-order chi connectivity index (χ1) is 9.66. The average Bonchev–Trinajstić information content (AvgIpc) is 2.63. The third-order valence-corrected chi connectivity index (χ3v) is 4.81. The molecular weight excluding hydrogens is 318 g/mol. The molecule has 0 amide bonds. The highest BCUT2D eigenvalue weighted by atomic mass is 79.9. The monoisotopic (exact) mass is 331 g/mol. The van der Waals surface area contributed by atoms with Crippen molar-refractivity contribution in [3.8, 4) is 0 Å². The molecule has 4 rings (SSSR count). The number of imidazole rings is 1. The van der Waals surface area contributed by atoms with E-state index in [-0.39, 0.29) is 5.69 Å². The van der Waals surface area contributed by atoms with Crippen LogP contribution in [0.5, 0.6) is 0 Å². The lowest BCUT2D eigenvalue weighted by Gasteiger charge is -2.26. The van der Waals surface area contributed by atoms with Gasteiger partial charge in [0.15, 0.2) is 0 Å². The maximum atomic E-state index is 12.5. The van der Waals surface area contributed by atoms with Gasteiger partial charge in [0.2, 0.25) is 0 Å². The first-order valence-electron chi connectivity index (χ1n) is 6.82. The topological polar surface area (TPSA) is 39.8 Å². The average molecular weight is 332 g/mol. The molecule has 1 aromatic carbocycles. The van der Waals surface area contributed by atoms with Crippen LogP contribution < -0.4 is 5.69 Å². The van der Waals surface area contributed by atoms with Crippen LogP contribution in [0, 0.1) is 0 Å². The zero-order valence-corrected chi connectivity index (χ0v) is 12.7. The summed E-state index contributed by atoms with van der Waals surface area (Å²) in [6.45, 7) is 0. The number of hydrogen-bond acceptors (Lipinski definition) is 2. The Balaban J connectivity index is 2.22. The van der Waals surface area contributed by atoms with Gasteiger partial charge in [-0.1, -0.05) is 15.9 Å². The molecule has 2 aromatic heterocycles. The van der Waals surface area contributed by atoms with E-state index in [1.165, 1.54) is 6.42 Å². The summed E-state index contributed by atoms with van der Waals surface area (Å²) < 4.78 is 4.69. The molecule has 0 radical (unpaired) electrons. The molecule has 1 aliphatic carbocycles. The van der Waals surface area contributed by atoms with Crippen molar-refractivity contribution in [3.05, 3.63) is 39.4 Å². The van der Waals surface area contributed by atoms with Crippen molar-refractivity contribution in [1.82, 2.24) is 14.1 Å². The molecule has 0 saturated heterocycles. The lowest BCUT2D eigenvalue weighted by Crippen LogP contribution is -2.29. The molecule has 3 aromatic rings. The van der Waals surface area contributed by atoms with E-state index in [9.17, 15) is 4.79 Å². The van der Waals surface area contributed by atoms with E-state index in [2.05, 4.69) is 27.0 Å². The molecule has 2 heterocycles. The fraction of sp³-hybridized carbons (Fsp3) is 0.333. The van der Waals surface area contributed by atoms with Crippen molar-refractivity contribution in [2.24, 2.45) is 7.05 Å². The van der Waals surface area contributed by atoms with E-state index in [0.29, 0.717) is 6.04 Å². The number of pyridine rings is 1. The van der Waals surface area contributed by atoms with E-state index < -0.39 is 0 Å². The Morgan fingerprint density at radius 3 is 2.85 bits per heavy atom. The minimum Gasteiger partial charge on any atom is -0.293 e. The van der Waals surface area contributed by atoms with Crippen LogP contribution >= 0.6 is 15.9 Å². The number of fused-ring (bicyclic) bond motifs is 3. The summed E-state index contributed by atoms with van der Waals surface area (Å²) in [6, 6.07) is 6.37. The summed E-state index contributed by atoms with van der Waals surface area (Å²) in [5.41, 5.74) is 2.93. The molecule has 0 unspecified atom stereocenters. The van der Waals surface area contributed by atoms with Crippen molar-refractivity contribution >= 4 is 37.9 Å². The Morgan fingerprint density at radius 1 is 1.35 bits per heavy atom. The van der Waals surface area contributed by atoms with Crippen molar-refractivity contribution in [1.29, 1.82) is 0 Å². The highest BCUT2D eigenvalue weighted by molar-refractivity contribution is 9.10. The summed E-state index contributed by atoms with van der Waals surface area (Å²) >= 11 is 3.51. The summed E-state index contributed by atoms with van der Waals surface area (Å²) in [5, 5.41) is 1.04. The van der Waals surface area contributed by atoms with Gasteiger partial charge in [-0.05, 0) is 37.5 Å². The number of halogens is 1. The van der Waals surface area contributed by atoms with Gasteiger partial charge in [-0.15, -0.1) is 0 Å². The van der Waals surface area contributed by atoms with Crippen molar-refractivity contribution in [2.45, 2.75) is 25.3 Å². The van der Waals surface area contributed by atoms with Gasteiger partial charge in [0.05, 0.1) is 22.7 Å². The number of hydrogen-bond donors (Lipinski definition) is 0. The van der Waals surface area contributed by atoms with Gasteiger partial charge in [0, 0.05) is 22.9 Å². The van der Waals surface area contributed by atoms with E-state index in [1.54, 1.807) is 4.57 Å². The first-order valence-corrected chi connectivity index (χ1v) is 7.61.